The fourth-order valence-corrected chi connectivity index (χ4v) is 2.80. The summed E-state index contributed by atoms with van der Waals surface area (Å²) in [6.45, 7) is 0. The highest BCUT2D eigenvalue weighted by Gasteiger charge is 2.29. The molecule has 0 saturated carbocycles. The van der Waals surface area contributed by atoms with Gasteiger partial charge < -0.3 is 4.90 Å². The van der Waals surface area contributed by atoms with Crippen molar-refractivity contribution in [3.8, 4) is 0 Å². The van der Waals surface area contributed by atoms with Crippen LogP contribution in [0.2, 0.25) is 0 Å². The molecule has 1 aliphatic heterocycles. The average molecular weight is 258 g/mol. The van der Waals surface area contributed by atoms with Crippen LogP contribution in [-0.4, -0.2) is 12.3 Å². The first kappa shape index (κ1) is 11.3. The van der Waals surface area contributed by atoms with Crippen molar-refractivity contribution < 1.29 is 4.79 Å². The second kappa shape index (κ2) is 4.14. The molecule has 3 heteroatoms. The summed E-state index contributed by atoms with van der Waals surface area (Å²) in [6, 6.07) is 7.85. The molecule has 18 heavy (non-hydrogen) atoms. The van der Waals surface area contributed by atoms with Gasteiger partial charge in [0.05, 0.1) is 0 Å². The van der Waals surface area contributed by atoms with Crippen LogP contribution in [0.25, 0.3) is 5.57 Å². The Hall–Kier alpha value is -1.80. The predicted molar refractivity (Wildman–Crippen MR) is 74.5 cm³/mol. The van der Waals surface area contributed by atoms with Gasteiger partial charge in [-0.3, -0.25) is 4.79 Å². The second-order valence-corrected chi connectivity index (χ2v) is 4.73. The van der Waals surface area contributed by atoms with Gasteiger partial charge >= 0.3 is 0 Å². The predicted octanol–water partition coefficient (Wildman–Crippen LogP) is 3.50. The number of para-hydroxylation sites is 1. The summed E-state index contributed by atoms with van der Waals surface area (Å²) >= 11 is 5.79. The van der Waals surface area contributed by atoms with Gasteiger partial charge in [-0.05, 0) is 35.7 Å². The molecule has 0 fully saturated rings. The summed E-state index contributed by atoms with van der Waals surface area (Å²) in [7, 11) is 2.01. The van der Waals surface area contributed by atoms with E-state index in [1.807, 2.05) is 49.5 Å². The van der Waals surface area contributed by atoms with E-state index in [1.54, 1.807) is 0 Å². The van der Waals surface area contributed by atoms with Crippen LogP contribution in [0.4, 0.5) is 5.69 Å². The first-order valence-electron chi connectivity index (χ1n) is 5.83. The second-order valence-electron chi connectivity index (χ2n) is 4.39. The van der Waals surface area contributed by atoms with Crippen molar-refractivity contribution >= 4 is 28.1 Å². The van der Waals surface area contributed by atoms with Crippen LogP contribution < -0.4 is 4.90 Å². The third-order valence-electron chi connectivity index (χ3n) is 3.42. The number of hydrogen-bond acceptors (Lipinski definition) is 2. The standard InChI is InChI=1S/C15H12ClNO/c1-17-12-8-4-2-6-10(12)14(15(16)18)11-7-3-5-9-13(11)17/h2-6,8-9H,7H2,1H3. The molecule has 1 aliphatic carbocycles. The number of benzene rings is 1. The lowest BCUT2D eigenvalue weighted by molar-refractivity contribution is -0.106. The monoisotopic (exact) mass is 257 g/mol. The molecule has 1 heterocycles. The smallest absolute Gasteiger partial charge is 0.253 e. The van der Waals surface area contributed by atoms with Crippen LogP contribution in [0, 0.1) is 0 Å². The molecule has 0 atom stereocenters. The summed E-state index contributed by atoms with van der Waals surface area (Å²) in [5.74, 6) is 0. The van der Waals surface area contributed by atoms with Crippen LogP contribution in [0.15, 0.2) is 53.8 Å². The molecular formula is C15H12ClNO. The molecule has 90 valence electrons. The van der Waals surface area contributed by atoms with Crippen molar-refractivity contribution in [1.29, 1.82) is 0 Å². The van der Waals surface area contributed by atoms with E-state index >= 15 is 0 Å². The van der Waals surface area contributed by atoms with Crippen molar-refractivity contribution in [2.24, 2.45) is 0 Å². The molecule has 2 aliphatic rings. The van der Waals surface area contributed by atoms with Crippen LogP contribution in [0.5, 0.6) is 0 Å². The number of rotatable bonds is 1. The molecular weight excluding hydrogens is 246 g/mol. The minimum atomic E-state index is -0.383. The van der Waals surface area contributed by atoms with E-state index in [4.69, 9.17) is 11.6 Å². The molecule has 0 N–H and O–H groups in total. The molecule has 2 nitrogen and oxygen atoms in total. The number of hydrogen-bond donors (Lipinski definition) is 0. The molecule has 0 radical (unpaired) electrons. The zero-order valence-corrected chi connectivity index (χ0v) is 10.7. The van der Waals surface area contributed by atoms with Crippen molar-refractivity contribution in [3.05, 3.63) is 59.3 Å². The Balaban J connectivity index is 2.34. The van der Waals surface area contributed by atoms with Gasteiger partial charge in [0.2, 0.25) is 0 Å². The minimum Gasteiger partial charge on any atom is -0.344 e. The van der Waals surface area contributed by atoms with E-state index in [9.17, 15) is 4.79 Å². The summed E-state index contributed by atoms with van der Waals surface area (Å²) in [4.78, 5) is 13.9. The fourth-order valence-electron chi connectivity index (χ4n) is 2.59. The van der Waals surface area contributed by atoms with Gasteiger partial charge in [-0.25, -0.2) is 0 Å². The summed E-state index contributed by atoms with van der Waals surface area (Å²) in [5, 5.41) is -0.383. The average Bonchev–Trinajstić information content (AvgIpc) is 2.39. The van der Waals surface area contributed by atoms with Crippen molar-refractivity contribution in [2.45, 2.75) is 6.42 Å². The maximum absolute atomic E-state index is 11.8. The Kier molecular flexibility index (Phi) is 2.60. The number of fused-ring (bicyclic) bond motifs is 2. The van der Waals surface area contributed by atoms with Crippen molar-refractivity contribution in [2.75, 3.05) is 11.9 Å². The van der Waals surface area contributed by atoms with Gasteiger partial charge in [0.1, 0.15) is 0 Å². The van der Waals surface area contributed by atoms with Crippen molar-refractivity contribution in [1.82, 2.24) is 0 Å². The minimum absolute atomic E-state index is 0.383. The Morgan fingerprint density at radius 2 is 2.11 bits per heavy atom. The Morgan fingerprint density at radius 1 is 1.33 bits per heavy atom. The van der Waals surface area contributed by atoms with E-state index in [-0.39, 0.29) is 5.24 Å². The van der Waals surface area contributed by atoms with E-state index in [0.717, 1.165) is 28.9 Å². The normalized spacial score (nSPS) is 17.2. The Labute approximate surface area is 111 Å². The number of anilines is 1. The van der Waals surface area contributed by atoms with Gasteiger partial charge in [-0.15, -0.1) is 0 Å². The van der Waals surface area contributed by atoms with Gasteiger partial charge in [0, 0.05) is 29.6 Å². The molecule has 0 amide bonds. The van der Waals surface area contributed by atoms with Crippen molar-refractivity contribution in [3.63, 3.8) is 0 Å². The highest BCUT2D eigenvalue weighted by Crippen LogP contribution is 2.42. The van der Waals surface area contributed by atoms with Gasteiger partial charge in [-0.2, -0.15) is 0 Å². The fraction of sp³-hybridized carbons (Fsp3) is 0.133. The number of nitrogens with zero attached hydrogens (tertiary/aromatic N) is 1. The zero-order valence-electron chi connectivity index (χ0n) is 9.98. The molecule has 0 saturated heterocycles. The topological polar surface area (TPSA) is 20.3 Å². The lowest BCUT2D eigenvalue weighted by Crippen LogP contribution is -2.25. The summed E-state index contributed by atoms with van der Waals surface area (Å²) < 4.78 is 0. The third-order valence-corrected chi connectivity index (χ3v) is 3.60. The number of allylic oxidation sites excluding steroid dienone is 5. The molecule has 0 aromatic heterocycles. The van der Waals surface area contributed by atoms with Crippen LogP contribution in [-0.2, 0) is 4.79 Å². The molecule has 0 unspecified atom stereocenters. The SMILES string of the molecule is CN1C2=CC=CCC2=C(C(=O)Cl)c2ccccc21. The molecule has 1 aromatic carbocycles. The molecule has 3 rings (SSSR count). The molecule has 0 bridgehead atoms. The third kappa shape index (κ3) is 1.53. The Bertz CT molecular complexity index is 625. The maximum atomic E-state index is 11.8. The highest BCUT2D eigenvalue weighted by atomic mass is 35.5. The van der Waals surface area contributed by atoms with Crippen LogP contribution in [0.1, 0.15) is 12.0 Å². The molecule has 0 spiro atoms. The number of halogens is 1. The maximum Gasteiger partial charge on any atom is 0.253 e. The Morgan fingerprint density at radius 3 is 2.89 bits per heavy atom. The summed E-state index contributed by atoms with van der Waals surface area (Å²) in [5.41, 5.74) is 4.65. The summed E-state index contributed by atoms with van der Waals surface area (Å²) in [6.07, 6.45) is 6.83. The highest BCUT2D eigenvalue weighted by molar-refractivity contribution is 6.74. The lowest BCUT2D eigenvalue weighted by atomic mass is 9.88. The van der Waals surface area contributed by atoms with Gasteiger partial charge in [0.15, 0.2) is 0 Å². The first-order valence-corrected chi connectivity index (χ1v) is 6.21. The van der Waals surface area contributed by atoms with Gasteiger partial charge in [-0.1, -0.05) is 30.4 Å². The lowest BCUT2D eigenvalue weighted by Gasteiger charge is -2.33. The van der Waals surface area contributed by atoms with E-state index in [1.165, 1.54) is 0 Å². The van der Waals surface area contributed by atoms with Crippen LogP contribution in [0.3, 0.4) is 0 Å². The zero-order chi connectivity index (χ0) is 12.7. The quantitative estimate of drug-likeness (QED) is 0.718. The largest absolute Gasteiger partial charge is 0.344 e. The van der Waals surface area contributed by atoms with E-state index in [0.29, 0.717) is 5.57 Å². The number of likely N-dealkylation sites (N-methyl/N-ethyl adjacent to an activating group) is 1. The van der Waals surface area contributed by atoms with Gasteiger partial charge in [0.25, 0.3) is 5.24 Å². The first-order chi connectivity index (χ1) is 8.70. The molecule has 1 aromatic rings. The number of carbonyl (C=O) groups excluding carboxylic acids is 1. The van der Waals surface area contributed by atoms with E-state index < -0.39 is 0 Å². The van der Waals surface area contributed by atoms with E-state index in [2.05, 4.69) is 4.90 Å². The number of carbonyl (C=O) groups is 1. The van der Waals surface area contributed by atoms with Crippen LogP contribution >= 0.6 is 11.6 Å².